The molecule has 2 aliphatic heterocycles. The lowest BCUT2D eigenvalue weighted by atomic mass is 9.89. The summed E-state index contributed by atoms with van der Waals surface area (Å²) in [4.78, 5) is 8.71. The van der Waals surface area contributed by atoms with Crippen LogP contribution in [0.15, 0.2) is 6.20 Å². The molecule has 4 rings (SSSR count). The molecule has 0 unspecified atom stereocenters. The van der Waals surface area contributed by atoms with Gasteiger partial charge in [-0.25, -0.2) is 4.98 Å². The minimum atomic E-state index is 0.116. The van der Waals surface area contributed by atoms with E-state index in [2.05, 4.69) is 32.6 Å². The second-order valence-electron chi connectivity index (χ2n) is 6.87. The van der Waals surface area contributed by atoms with Gasteiger partial charge in [0.15, 0.2) is 5.82 Å². The highest BCUT2D eigenvalue weighted by Gasteiger charge is 2.35. The zero-order valence-electron chi connectivity index (χ0n) is 14.3. The minimum absolute atomic E-state index is 0.116. The summed E-state index contributed by atoms with van der Waals surface area (Å²) in [6.07, 6.45) is 2.40. The van der Waals surface area contributed by atoms with Crippen molar-refractivity contribution in [1.29, 1.82) is 0 Å². The first-order chi connectivity index (χ1) is 12.0. The number of anilines is 3. The monoisotopic (exact) mass is 364 g/mol. The molecule has 1 fully saturated rings. The van der Waals surface area contributed by atoms with Crippen LogP contribution in [0.2, 0.25) is 5.02 Å². The fourth-order valence-electron chi connectivity index (χ4n) is 2.93. The smallest absolute Gasteiger partial charge is 0.257 e. The van der Waals surface area contributed by atoms with Crippen LogP contribution >= 0.6 is 11.6 Å². The molecule has 4 heterocycles. The molecule has 0 saturated carbocycles. The van der Waals surface area contributed by atoms with Crippen LogP contribution in [0.25, 0.3) is 0 Å². The van der Waals surface area contributed by atoms with Crippen molar-refractivity contribution in [1.82, 2.24) is 19.7 Å². The summed E-state index contributed by atoms with van der Waals surface area (Å²) in [5, 5.41) is 11.6. The van der Waals surface area contributed by atoms with E-state index in [1.807, 2.05) is 11.6 Å². The first kappa shape index (κ1) is 16.4. The largest absolute Gasteiger partial charge is 0.475 e. The van der Waals surface area contributed by atoms with Gasteiger partial charge in [0, 0.05) is 12.0 Å². The lowest BCUT2D eigenvalue weighted by molar-refractivity contribution is -0.111. The average molecular weight is 365 g/mol. The summed E-state index contributed by atoms with van der Waals surface area (Å²) < 4.78 is 13.2. The molecule has 134 valence electrons. The van der Waals surface area contributed by atoms with Gasteiger partial charge in [-0.3, -0.25) is 4.68 Å². The van der Waals surface area contributed by atoms with Gasteiger partial charge < -0.3 is 20.1 Å². The molecule has 8 nitrogen and oxygen atoms in total. The van der Waals surface area contributed by atoms with Crippen LogP contribution in [0.3, 0.4) is 0 Å². The standard InChI is InChI=1S/C16H21ClN6O2/c1-10-12-14(22-23(10)7-16(2)8-24-9-16)25-5-3-4-18-13-11(17)6-19-15(20-12)21-13/h6H,3-5,7-9H2,1-2H3,(H2,18,19,20,21). The Kier molecular flexibility index (Phi) is 4.16. The van der Waals surface area contributed by atoms with Gasteiger partial charge in [0.05, 0.1) is 38.3 Å². The van der Waals surface area contributed by atoms with Crippen LogP contribution in [0, 0.1) is 12.3 Å². The zero-order valence-corrected chi connectivity index (χ0v) is 15.1. The Bertz CT molecular complexity index is 789. The molecule has 2 bridgehead atoms. The van der Waals surface area contributed by atoms with Crippen molar-refractivity contribution in [3.05, 3.63) is 16.9 Å². The van der Waals surface area contributed by atoms with Gasteiger partial charge in [-0.15, -0.1) is 5.10 Å². The maximum atomic E-state index is 6.15. The molecular formula is C16H21ClN6O2. The normalized spacial score (nSPS) is 18.7. The van der Waals surface area contributed by atoms with Crippen molar-refractivity contribution in [2.24, 2.45) is 5.41 Å². The summed E-state index contributed by atoms with van der Waals surface area (Å²) in [6.45, 7) is 7.76. The van der Waals surface area contributed by atoms with Gasteiger partial charge in [0.2, 0.25) is 5.95 Å². The van der Waals surface area contributed by atoms with E-state index < -0.39 is 0 Å². The van der Waals surface area contributed by atoms with Crippen molar-refractivity contribution >= 4 is 29.1 Å². The lowest BCUT2D eigenvalue weighted by Crippen LogP contribution is -2.43. The zero-order chi connectivity index (χ0) is 17.4. The van der Waals surface area contributed by atoms with Crippen molar-refractivity contribution in [2.75, 3.05) is 37.0 Å². The van der Waals surface area contributed by atoms with E-state index in [1.54, 1.807) is 6.20 Å². The molecular weight excluding hydrogens is 344 g/mol. The Morgan fingerprint density at radius 2 is 2.24 bits per heavy atom. The summed E-state index contributed by atoms with van der Waals surface area (Å²) >= 11 is 6.15. The second kappa shape index (κ2) is 6.34. The van der Waals surface area contributed by atoms with E-state index in [4.69, 9.17) is 21.1 Å². The fraction of sp³-hybridized carbons (Fsp3) is 0.562. The molecule has 0 amide bonds. The number of hydrogen-bond acceptors (Lipinski definition) is 7. The molecule has 0 aliphatic carbocycles. The Hall–Kier alpha value is -2.06. The van der Waals surface area contributed by atoms with Crippen molar-refractivity contribution < 1.29 is 9.47 Å². The Balaban J connectivity index is 1.68. The molecule has 0 aromatic carbocycles. The van der Waals surface area contributed by atoms with E-state index >= 15 is 0 Å². The highest BCUT2D eigenvalue weighted by molar-refractivity contribution is 6.32. The molecule has 2 N–H and O–H groups in total. The lowest BCUT2D eigenvalue weighted by Gasteiger charge is -2.38. The van der Waals surface area contributed by atoms with Crippen LogP contribution in [0.5, 0.6) is 5.88 Å². The molecule has 9 heteroatoms. The number of nitrogens with one attached hydrogen (secondary N) is 2. The third-order valence-electron chi connectivity index (χ3n) is 4.44. The number of nitrogens with zero attached hydrogens (tertiary/aromatic N) is 4. The van der Waals surface area contributed by atoms with Gasteiger partial charge in [-0.2, -0.15) is 4.98 Å². The number of hydrogen-bond donors (Lipinski definition) is 2. The maximum Gasteiger partial charge on any atom is 0.257 e. The topological polar surface area (TPSA) is 86.1 Å². The first-order valence-electron chi connectivity index (χ1n) is 8.35. The van der Waals surface area contributed by atoms with E-state index in [9.17, 15) is 0 Å². The van der Waals surface area contributed by atoms with Crippen molar-refractivity contribution in [2.45, 2.75) is 26.8 Å². The first-order valence-corrected chi connectivity index (χ1v) is 8.73. The molecule has 2 aromatic rings. The predicted octanol–water partition coefficient (Wildman–Crippen LogP) is 2.61. The van der Waals surface area contributed by atoms with E-state index in [0.717, 1.165) is 37.6 Å². The summed E-state index contributed by atoms with van der Waals surface area (Å²) in [7, 11) is 0. The van der Waals surface area contributed by atoms with Gasteiger partial charge in [-0.1, -0.05) is 18.5 Å². The van der Waals surface area contributed by atoms with Crippen LogP contribution in [-0.4, -0.2) is 46.1 Å². The van der Waals surface area contributed by atoms with Crippen molar-refractivity contribution in [3.8, 4) is 5.88 Å². The number of ether oxygens (including phenoxy) is 2. The van der Waals surface area contributed by atoms with E-state index in [1.165, 1.54) is 0 Å². The number of fused-ring (bicyclic) bond motifs is 3. The number of aromatic nitrogens is 4. The molecule has 2 aromatic heterocycles. The van der Waals surface area contributed by atoms with Gasteiger partial charge in [-0.05, 0) is 13.3 Å². The minimum Gasteiger partial charge on any atom is -0.475 e. The summed E-state index contributed by atoms with van der Waals surface area (Å²) in [5.41, 5.74) is 1.89. The highest BCUT2D eigenvalue weighted by Crippen LogP contribution is 2.35. The van der Waals surface area contributed by atoms with Crippen molar-refractivity contribution in [3.63, 3.8) is 0 Å². The van der Waals surface area contributed by atoms with Gasteiger partial charge in [0.25, 0.3) is 5.88 Å². The SMILES string of the molecule is Cc1c2c(nn1CC1(C)COC1)OCCCNc1nc(ncc1Cl)N2. The van der Waals surface area contributed by atoms with Crippen LogP contribution in [-0.2, 0) is 11.3 Å². The van der Waals surface area contributed by atoms with Gasteiger partial charge >= 0.3 is 0 Å². The Labute approximate surface area is 150 Å². The molecule has 2 aliphatic rings. The summed E-state index contributed by atoms with van der Waals surface area (Å²) in [5.74, 6) is 1.65. The van der Waals surface area contributed by atoms with Crippen LogP contribution < -0.4 is 15.4 Å². The third kappa shape index (κ3) is 3.23. The Morgan fingerprint density at radius 1 is 1.40 bits per heavy atom. The molecule has 0 radical (unpaired) electrons. The number of halogens is 1. The number of rotatable bonds is 2. The average Bonchev–Trinajstić information content (AvgIpc) is 2.83. The molecule has 0 atom stereocenters. The predicted molar refractivity (Wildman–Crippen MR) is 94.8 cm³/mol. The quantitative estimate of drug-likeness (QED) is 0.847. The van der Waals surface area contributed by atoms with Crippen LogP contribution in [0.1, 0.15) is 19.0 Å². The third-order valence-corrected chi connectivity index (χ3v) is 4.72. The fourth-order valence-corrected chi connectivity index (χ4v) is 3.09. The van der Waals surface area contributed by atoms with E-state index in [0.29, 0.717) is 35.8 Å². The second-order valence-corrected chi connectivity index (χ2v) is 7.28. The molecule has 0 spiro atoms. The van der Waals surface area contributed by atoms with Crippen LogP contribution in [0.4, 0.5) is 17.5 Å². The molecule has 1 saturated heterocycles. The molecule has 25 heavy (non-hydrogen) atoms. The maximum absolute atomic E-state index is 6.15. The van der Waals surface area contributed by atoms with E-state index in [-0.39, 0.29) is 5.41 Å². The van der Waals surface area contributed by atoms with Gasteiger partial charge in [0.1, 0.15) is 10.7 Å². The Morgan fingerprint density at radius 3 is 3.00 bits per heavy atom. The summed E-state index contributed by atoms with van der Waals surface area (Å²) in [6, 6.07) is 0. The highest BCUT2D eigenvalue weighted by atomic mass is 35.5.